The van der Waals surface area contributed by atoms with Crippen LogP contribution in [-0.4, -0.2) is 26.4 Å². The minimum absolute atomic E-state index is 0.120. The average molecular weight is 289 g/mol. The molecule has 112 valence electrons. The Morgan fingerprint density at radius 1 is 0.905 bits per heavy atom. The van der Waals surface area contributed by atoms with Crippen molar-refractivity contribution in [2.24, 2.45) is 0 Å². The van der Waals surface area contributed by atoms with Gasteiger partial charge in [-0.15, -0.1) is 0 Å². The summed E-state index contributed by atoms with van der Waals surface area (Å²) < 4.78 is 15.5. The number of benzene rings is 2. The van der Waals surface area contributed by atoms with Crippen molar-refractivity contribution >= 4 is 5.69 Å². The number of ether oxygens (including phenoxy) is 3. The van der Waals surface area contributed by atoms with Crippen LogP contribution in [0.15, 0.2) is 36.4 Å². The van der Waals surface area contributed by atoms with Crippen molar-refractivity contribution in [3.8, 4) is 23.0 Å². The molecule has 0 aromatic heterocycles. The number of hydrogen-bond acceptors (Lipinski definition) is 5. The number of nitrogens with one attached hydrogen (secondary N) is 1. The number of phenols is 1. The highest BCUT2D eigenvalue weighted by Gasteiger charge is 2.06. The molecule has 0 radical (unpaired) electrons. The van der Waals surface area contributed by atoms with E-state index in [1.807, 2.05) is 24.3 Å². The van der Waals surface area contributed by atoms with Gasteiger partial charge in [-0.1, -0.05) is 6.07 Å². The van der Waals surface area contributed by atoms with E-state index in [2.05, 4.69) is 5.32 Å². The summed E-state index contributed by atoms with van der Waals surface area (Å²) in [5.41, 5.74) is 1.75. The predicted molar refractivity (Wildman–Crippen MR) is 81.5 cm³/mol. The van der Waals surface area contributed by atoms with Gasteiger partial charge in [0.2, 0.25) is 0 Å². The fourth-order valence-electron chi connectivity index (χ4n) is 2.00. The second-order valence-corrected chi connectivity index (χ2v) is 4.43. The van der Waals surface area contributed by atoms with Crippen molar-refractivity contribution in [3.63, 3.8) is 0 Å². The maximum absolute atomic E-state index is 9.77. The molecule has 0 bridgehead atoms. The minimum atomic E-state index is 0.120. The van der Waals surface area contributed by atoms with Crippen molar-refractivity contribution < 1.29 is 19.3 Å². The summed E-state index contributed by atoms with van der Waals surface area (Å²) >= 11 is 0. The van der Waals surface area contributed by atoms with Crippen LogP contribution < -0.4 is 19.5 Å². The first-order valence-electron chi connectivity index (χ1n) is 6.49. The van der Waals surface area contributed by atoms with Gasteiger partial charge in [0.05, 0.1) is 27.0 Å². The van der Waals surface area contributed by atoms with Crippen molar-refractivity contribution in [3.05, 3.63) is 42.0 Å². The second-order valence-electron chi connectivity index (χ2n) is 4.43. The van der Waals surface area contributed by atoms with E-state index in [-0.39, 0.29) is 5.75 Å². The summed E-state index contributed by atoms with van der Waals surface area (Å²) in [6, 6.07) is 10.8. The minimum Gasteiger partial charge on any atom is -0.504 e. The molecule has 5 heteroatoms. The standard InChI is InChI=1S/C16H19NO4/c1-19-12-5-7-15(20-2)13(9-12)17-10-11-4-6-16(21-3)14(18)8-11/h4-9,17-18H,10H2,1-3H3. The lowest BCUT2D eigenvalue weighted by Crippen LogP contribution is -2.02. The third-order valence-electron chi connectivity index (χ3n) is 3.13. The molecule has 0 aliphatic rings. The Bertz CT molecular complexity index is 613. The molecule has 0 aliphatic carbocycles. The van der Waals surface area contributed by atoms with Crippen molar-refractivity contribution in [1.29, 1.82) is 0 Å². The Morgan fingerprint density at radius 2 is 1.62 bits per heavy atom. The lowest BCUT2D eigenvalue weighted by atomic mass is 10.2. The average Bonchev–Trinajstić information content (AvgIpc) is 2.52. The van der Waals surface area contributed by atoms with E-state index in [0.29, 0.717) is 12.3 Å². The van der Waals surface area contributed by atoms with Crippen LogP contribution in [0, 0.1) is 0 Å². The van der Waals surface area contributed by atoms with Gasteiger partial charge in [-0.05, 0) is 29.8 Å². The van der Waals surface area contributed by atoms with Gasteiger partial charge in [-0.3, -0.25) is 0 Å². The van der Waals surface area contributed by atoms with Crippen LogP contribution in [0.1, 0.15) is 5.56 Å². The maximum Gasteiger partial charge on any atom is 0.160 e. The molecule has 2 aromatic carbocycles. The molecule has 2 N–H and O–H groups in total. The molecule has 0 amide bonds. The Labute approximate surface area is 124 Å². The summed E-state index contributed by atoms with van der Waals surface area (Å²) in [4.78, 5) is 0. The van der Waals surface area contributed by atoms with E-state index < -0.39 is 0 Å². The lowest BCUT2D eigenvalue weighted by molar-refractivity contribution is 0.373. The quantitative estimate of drug-likeness (QED) is 0.856. The number of aromatic hydroxyl groups is 1. The first kappa shape index (κ1) is 14.8. The van der Waals surface area contributed by atoms with E-state index >= 15 is 0 Å². The van der Waals surface area contributed by atoms with Gasteiger partial charge in [0, 0.05) is 12.6 Å². The van der Waals surface area contributed by atoms with E-state index in [1.165, 1.54) is 7.11 Å². The first-order valence-corrected chi connectivity index (χ1v) is 6.49. The maximum atomic E-state index is 9.77. The van der Waals surface area contributed by atoms with E-state index in [0.717, 1.165) is 22.7 Å². The number of methoxy groups -OCH3 is 3. The summed E-state index contributed by atoms with van der Waals surface area (Å²) in [5, 5.41) is 13.0. The Kier molecular flexibility index (Phi) is 4.77. The molecule has 0 atom stereocenters. The smallest absolute Gasteiger partial charge is 0.160 e. The number of anilines is 1. The molecule has 2 aromatic rings. The lowest BCUT2D eigenvalue weighted by Gasteiger charge is -2.13. The molecule has 5 nitrogen and oxygen atoms in total. The SMILES string of the molecule is COc1ccc(OC)c(NCc2ccc(OC)c(O)c2)c1. The van der Waals surface area contributed by atoms with Gasteiger partial charge < -0.3 is 24.6 Å². The highest BCUT2D eigenvalue weighted by molar-refractivity contribution is 5.60. The summed E-state index contributed by atoms with van der Waals surface area (Å²) in [5.74, 6) is 2.05. The Balaban J connectivity index is 2.13. The molecule has 0 heterocycles. The van der Waals surface area contributed by atoms with Crippen LogP contribution >= 0.6 is 0 Å². The molecule has 2 rings (SSSR count). The third-order valence-corrected chi connectivity index (χ3v) is 3.13. The highest BCUT2D eigenvalue weighted by Crippen LogP contribution is 2.30. The van der Waals surface area contributed by atoms with Gasteiger partial charge in [0.25, 0.3) is 0 Å². The zero-order chi connectivity index (χ0) is 15.2. The Hall–Kier alpha value is -2.56. The van der Waals surface area contributed by atoms with Crippen LogP contribution in [0.2, 0.25) is 0 Å². The van der Waals surface area contributed by atoms with Crippen LogP contribution in [-0.2, 0) is 6.54 Å². The topological polar surface area (TPSA) is 60.0 Å². The van der Waals surface area contributed by atoms with Crippen molar-refractivity contribution in [1.82, 2.24) is 0 Å². The molecule has 0 aliphatic heterocycles. The fourth-order valence-corrected chi connectivity index (χ4v) is 2.00. The number of rotatable bonds is 6. The number of hydrogen-bond donors (Lipinski definition) is 2. The summed E-state index contributed by atoms with van der Waals surface area (Å²) in [7, 11) is 4.76. The Morgan fingerprint density at radius 3 is 2.24 bits per heavy atom. The predicted octanol–water partition coefficient (Wildman–Crippen LogP) is 3.03. The first-order chi connectivity index (χ1) is 10.2. The summed E-state index contributed by atoms with van der Waals surface area (Å²) in [6.07, 6.45) is 0. The molecule has 0 saturated heterocycles. The van der Waals surface area contributed by atoms with E-state index in [9.17, 15) is 5.11 Å². The molecule has 21 heavy (non-hydrogen) atoms. The van der Waals surface area contributed by atoms with Gasteiger partial charge >= 0.3 is 0 Å². The molecule has 0 spiro atoms. The molecule has 0 fully saturated rings. The van der Waals surface area contributed by atoms with E-state index in [4.69, 9.17) is 14.2 Å². The van der Waals surface area contributed by atoms with Gasteiger partial charge in [0.1, 0.15) is 11.5 Å². The molecular weight excluding hydrogens is 270 g/mol. The normalized spacial score (nSPS) is 10.0. The van der Waals surface area contributed by atoms with Crippen LogP contribution in [0.25, 0.3) is 0 Å². The molecular formula is C16H19NO4. The van der Waals surface area contributed by atoms with Gasteiger partial charge in [-0.25, -0.2) is 0 Å². The highest BCUT2D eigenvalue weighted by atomic mass is 16.5. The number of phenolic OH excluding ortho intramolecular Hbond substituents is 1. The third kappa shape index (κ3) is 3.51. The summed E-state index contributed by atoms with van der Waals surface area (Å²) in [6.45, 7) is 0.543. The van der Waals surface area contributed by atoms with Crippen molar-refractivity contribution in [2.45, 2.75) is 6.54 Å². The van der Waals surface area contributed by atoms with Gasteiger partial charge in [0.15, 0.2) is 11.5 Å². The van der Waals surface area contributed by atoms with Crippen LogP contribution in [0.4, 0.5) is 5.69 Å². The largest absolute Gasteiger partial charge is 0.504 e. The fraction of sp³-hybridized carbons (Fsp3) is 0.250. The van der Waals surface area contributed by atoms with Crippen LogP contribution in [0.5, 0.6) is 23.0 Å². The zero-order valence-corrected chi connectivity index (χ0v) is 12.3. The van der Waals surface area contributed by atoms with Crippen LogP contribution in [0.3, 0.4) is 0 Å². The molecule has 0 saturated carbocycles. The zero-order valence-electron chi connectivity index (χ0n) is 12.3. The molecule has 0 unspecified atom stereocenters. The van der Waals surface area contributed by atoms with Crippen molar-refractivity contribution in [2.75, 3.05) is 26.6 Å². The van der Waals surface area contributed by atoms with Gasteiger partial charge in [-0.2, -0.15) is 0 Å². The second kappa shape index (κ2) is 6.74. The monoisotopic (exact) mass is 289 g/mol. The van der Waals surface area contributed by atoms with E-state index in [1.54, 1.807) is 26.4 Å².